The minimum Gasteiger partial charge on any atom is -0.310 e. The number of pyridine rings is 1. The molecule has 0 aliphatic carbocycles. The summed E-state index contributed by atoms with van der Waals surface area (Å²) >= 11 is 0. The highest BCUT2D eigenvalue weighted by Gasteiger charge is 2.33. The third-order valence-corrected chi connectivity index (χ3v) is 24.1. The molecular weight excluding hydrogens is 1370 g/mol. The van der Waals surface area contributed by atoms with Gasteiger partial charge in [0.15, 0.2) is 0 Å². The first-order chi connectivity index (χ1) is 56.1. The normalized spacial score (nSPS) is 11.6. The third-order valence-electron chi connectivity index (χ3n) is 24.1. The van der Waals surface area contributed by atoms with Crippen LogP contribution in [0.5, 0.6) is 0 Å². The summed E-state index contributed by atoms with van der Waals surface area (Å²) in [7, 11) is 0. The van der Waals surface area contributed by atoms with Gasteiger partial charge in [-0.15, -0.1) is 0 Å². The van der Waals surface area contributed by atoms with Crippen molar-refractivity contribution in [3.05, 3.63) is 416 Å². The average Bonchev–Trinajstić information content (AvgIpc) is 0.705. The van der Waals surface area contributed by atoms with Gasteiger partial charge in [-0.05, 0) is 200 Å². The molecule has 538 valence electrons. The van der Waals surface area contributed by atoms with E-state index in [-0.39, 0.29) is 13.4 Å². The molecule has 5 heteroatoms. The second-order valence-corrected chi connectivity index (χ2v) is 31.0. The smallest absolute Gasteiger partial charge is 0.243 e. The van der Waals surface area contributed by atoms with Crippen molar-refractivity contribution in [3.63, 3.8) is 0 Å². The molecule has 0 saturated carbocycles. The van der Waals surface area contributed by atoms with E-state index in [2.05, 4.69) is 427 Å². The van der Waals surface area contributed by atoms with Crippen LogP contribution in [0.25, 0.3) is 119 Å². The Bertz CT molecular complexity index is 7000. The zero-order valence-electron chi connectivity index (χ0n) is 64.9. The van der Waals surface area contributed by atoms with Crippen LogP contribution in [0.3, 0.4) is 0 Å². The van der Waals surface area contributed by atoms with E-state index in [0.29, 0.717) is 0 Å². The van der Waals surface area contributed by atoms with Gasteiger partial charge >= 0.3 is 0 Å². The molecule has 0 spiro atoms. The Morgan fingerprint density at radius 1 is 0.228 bits per heavy atom. The highest BCUT2D eigenvalue weighted by atomic mass is 15.2. The highest BCUT2D eigenvalue weighted by Crippen LogP contribution is 2.51. The lowest BCUT2D eigenvalue weighted by Gasteiger charge is -2.28. The summed E-state index contributed by atoms with van der Waals surface area (Å²) < 4.78 is 0. The molecule has 0 aliphatic rings. The molecule has 21 rings (SSSR count). The second-order valence-electron chi connectivity index (χ2n) is 31.0. The number of nitrogens with zero attached hydrogens (tertiary/aromatic N) is 3. The summed E-state index contributed by atoms with van der Waals surface area (Å²) in [4.78, 5) is 9.93. The molecule has 0 aliphatic heterocycles. The molecule has 21 aromatic rings. The minimum atomic E-state index is 0.0721. The van der Waals surface area contributed by atoms with Crippen molar-refractivity contribution in [3.8, 4) is 22.4 Å². The van der Waals surface area contributed by atoms with Gasteiger partial charge in [0, 0.05) is 44.5 Å². The molecule has 114 heavy (non-hydrogen) atoms. The molecular formula is C109H81B2N3. The first kappa shape index (κ1) is 69.3. The SMILES string of the molecule is Cc1cc(C)c(B(c2c(C)cc(C)cc2C)c2ccc3c4ccccc4c4c(-c5ccc(N(c6ccccc6)c6ccccc6)cn5)ccc5ccc2c3c54)c(C)c1.c1ccc(B(c2ccccc2)c2cccc3c(-c4ccc5c6ccccc6c6c(N(c7ccccc7)c7ccccc7)ccc7ccc4c5c76)cccc23)cc1. The van der Waals surface area contributed by atoms with E-state index in [1.54, 1.807) is 0 Å². The fraction of sp³-hybridized carbons (Fsp3) is 0.0550. The van der Waals surface area contributed by atoms with Crippen LogP contribution in [0.1, 0.15) is 33.4 Å². The quantitative estimate of drug-likeness (QED) is 0.0614. The van der Waals surface area contributed by atoms with Crippen molar-refractivity contribution >= 4 is 177 Å². The number of para-hydroxylation sites is 4. The Balaban J connectivity index is 0.000000148. The zero-order valence-corrected chi connectivity index (χ0v) is 64.9. The van der Waals surface area contributed by atoms with Crippen LogP contribution in [0, 0.1) is 41.5 Å². The Labute approximate surface area is 667 Å². The molecule has 0 unspecified atom stereocenters. The average molecular weight is 1450 g/mol. The van der Waals surface area contributed by atoms with Crippen LogP contribution in [0.4, 0.5) is 34.1 Å². The summed E-state index contributed by atoms with van der Waals surface area (Å²) in [5.41, 5.74) is 27.3. The lowest BCUT2D eigenvalue weighted by Crippen LogP contribution is -2.56. The van der Waals surface area contributed by atoms with Gasteiger partial charge in [0.2, 0.25) is 13.4 Å². The molecule has 1 heterocycles. The summed E-state index contributed by atoms with van der Waals surface area (Å²) in [6.07, 6.45) is 2.02. The molecule has 0 amide bonds. The van der Waals surface area contributed by atoms with Gasteiger partial charge in [0.1, 0.15) is 0 Å². The van der Waals surface area contributed by atoms with Crippen molar-refractivity contribution in [2.24, 2.45) is 0 Å². The third kappa shape index (κ3) is 11.8. The molecule has 1 aromatic heterocycles. The van der Waals surface area contributed by atoms with E-state index in [1.165, 1.54) is 180 Å². The van der Waals surface area contributed by atoms with E-state index in [0.717, 1.165) is 39.7 Å². The van der Waals surface area contributed by atoms with Crippen LogP contribution < -0.4 is 42.6 Å². The molecule has 0 radical (unpaired) electrons. The van der Waals surface area contributed by atoms with Crippen molar-refractivity contribution in [1.82, 2.24) is 4.98 Å². The molecule has 0 bridgehead atoms. The largest absolute Gasteiger partial charge is 0.310 e. The molecule has 20 aromatic carbocycles. The Morgan fingerprint density at radius 2 is 0.614 bits per heavy atom. The number of aromatic nitrogens is 1. The summed E-state index contributed by atoms with van der Waals surface area (Å²) in [5.74, 6) is 0. The number of anilines is 6. The molecule has 0 saturated heterocycles. The van der Waals surface area contributed by atoms with E-state index in [4.69, 9.17) is 4.98 Å². The Morgan fingerprint density at radius 3 is 1.15 bits per heavy atom. The van der Waals surface area contributed by atoms with Gasteiger partial charge in [0.25, 0.3) is 0 Å². The number of hydrogen-bond donors (Lipinski definition) is 0. The lowest BCUT2D eigenvalue weighted by atomic mass is 9.33. The lowest BCUT2D eigenvalue weighted by molar-refractivity contribution is 1.23. The topological polar surface area (TPSA) is 19.4 Å². The van der Waals surface area contributed by atoms with Crippen LogP contribution in [0.2, 0.25) is 0 Å². The fourth-order valence-corrected chi connectivity index (χ4v) is 19.6. The maximum absolute atomic E-state index is 5.25. The maximum atomic E-state index is 5.25. The fourth-order valence-electron chi connectivity index (χ4n) is 19.6. The second kappa shape index (κ2) is 28.8. The number of fused-ring (bicyclic) bond motifs is 7. The van der Waals surface area contributed by atoms with Crippen LogP contribution in [0.15, 0.2) is 382 Å². The van der Waals surface area contributed by atoms with Crippen molar-refractivity contribution in [1.29, 1.82) is 0 Å². The van der Waals surface area contributed by atoms with Gasteiger partial charge in [0.05, 0.1) is 23.3 Å². The molecule has 0 fully saturated rings. The van der Waals surface area contributed by atoms with E-state index in [1.807, 2.05) is 6.20 Å². The highest BCUT2D eigenvalue weighted by molar-refractivity contribution is 6.98. The van der Waals surface area contributed by atoms with Gasteiger partial charge in [-0.3, -0.25) is 4.98 Å². The molecule has 3 nitrogen and oxygen atoms in total. The van der Waals surface area contributed by atoms with Gasteiger partial charge < -0.3 is 9.80 Å². The summed E-state index contributed by atoms with van der Waals surface area (Å²) in [6, 6.07) is 138. The minimum absolute atomic E-state index is 0.0721. The number of aryl methyl sites for hydroxylation is 6. The number of hydrogen-bond acceptors (Lipinski definition) is 3. The maximum Gasteiger partial charge on any atom is 0.243 e. The van der Waals surface area contributed by atoms with Crippen LogP contribution in [-0.4, -0.2) is 18.4 Å². The predicted octanol–water partition coefficient (Wildman–Crippen LogP) is 25.2. The Hall–Kier alpha value is -13.9. The monoisotopic (exact) mass is 1450 g/mol. The first-order valence-corrected chi connectivity index (χ1v) is 39.9. The molecule has 0 N–H and O–H groups in total. The Kier molecular flexibility index (Phi) is 17.5. The standard InChI is InChI=1S/C55H45BN2.C54H36BN/c1-34-29-36(3)54(37(4)30-34)56(55-38(5)31-35(2)32-39(55)6)49-27-26-46-44-19-13-14-20-45(44)53-48(25-22-40-21-24-47(49)52(46)51(40)53)50-28-23-43(33-57-50)58(41-15-9-7-10-16-41)42-17-11-8-12-18-42;1-5-17-38(18-6-1)55(39-19-7-2-8-20-39)50-30-16-28-43-42(27-15-29-46(43)50)45-34-35-49-44-25-13-14-26-47(44)54-51(36-32-37-31-33-48(45)53(49)52(37)54)56(40-21-9-3-10-22-40)41-23-11-4-12-24-41/h7-33H,1-6H3;1-36H. The van der Waals surface area contributed by atoms with Crippen LogP contribution >= 0.6 is 0 Å². The number of benzene rings is 20. The first-order valence-electron chi connectivity index (χ1n) is 39.9. The van der Waals surface area contributed by atoms with E-state index in [9.17, 15) is 0 Å². The number of rotatable bonds is 14. The van der Waals surface area contributed by atoms with Gasteiger partial charge in [-0.1, -0.05) is 376 Å². The van der Waals surface area contributed by atoms with Crippen molar-refractivity contribution in [2.75, 3.05) is 9.80 Å². The molecule has 0 atom stereocenters. The van der Waals surface area contributed by atoms with Gasteiger partial charge in [-0.2, -0.15) is 0 Å². The van der Waals surface area contributed by atoms with Crippen molar-refractivity contribution in [2.45, 2.75) is 41.5 Å². The van der Waals surface area contributed by atoms with Crippen molar-refractivity contribution < 1.29 is 0 Å². The predicted molar refractivity (Wildman–Crippen MR) is 494 cm³/mol. The van der Waals surface area contributed by atoms with Crippen LogP contribution in [-0.2, 0) is 0 Å². The van der Waals surface area contributed by atoms with E-state index >= 15 is 0 Å². The van der Waals surface area contributed by atoms with Gasteiger partial charge in [-0.25, -0.2) is 0 Å². The summed E-state index contributed by atoms with van der Waals surface area (Å²) in [6.45, 7) is 13.8. The van der Waals surface area contributed by atoms with E-state index < -0.39 is 0 Å². The zero-order chi connectivity index (χ0) is 76.7. The summed E-state index contributed by atoms with van der Waals surface area (Å²) in [5, 5.41) is 23.1.